The molecule has 2 heterocycles. The van der Waals surface area contributed by atoms with Gasteiger partial charge in [-0.25, -0.2) is 9.50 Å². The molecular formula is C15H15N3O. The van der Waals surface area contributed by atoms with E-state index >= 15 is 0 Å². The third-order valence-electron chi connectivity index (χ3n) is 3.25. The lowest BCUT2D eigenvalue weighted by atomic mass is 10.0. The summed E-state index contributed by atoms with van der Waals surface area (Å²) in [7, 11) is 0. The van der Waals surface area contributed by atoms with E-state index in [9.17, 15) is 5.11 Å². The van der Waals surface area contributed by atoms with Crippen molar-refractivity contribution in [2.45, 2.75) is 20.5 Å². The topological polar surface area (TPSA) is 50.4 Å². The fourth-order valence-corrected chi connectivity index (χ4v) is 2.27. The normalized spacial score (nSPS) is 11.1. The van der Waals surface area contributed by atoms with E-state index in [0.717, 1.165) is 16.9 Å². The lowest BCUT2D eigenvalue weighted by Crippen LogP contribution is -1.99. The van der Waals surface area contributed by atoms with Gasteiger partial charge in [-0.2, -0.15) is 5.10 Å². The van der Waals surface area contributed by atoms with Gasteiger partial charge in [0.2, 0.25) is 0 Å². The average Bonchev–Trinajstić information content (AvgIpc) is 2.80. The molecule has 0 saturated carbocycles. The summed E-state index contributed by atoms with van der Waals surface area (Å²) in [6, 6.07) is 10.2. The summed E-state index contributed by atoms with van der Waals surface area (Å²) >= 11 is 0. The fourth-order valence-electron chi connectivity index (χ4n) is 2.27. The summed E-state index contributed by atoms with van der Waals surface area (Å²) in [5.41, 5.74) is 5.86. The largest absolute Gasteiger partial charge is 0.390 e. The highest BCUT2D eigenvalue weighted by Gasteiger charge is 2.08. The van der Waals surface area contributed by atoms with Gasteiger partial charge in [-0.1, -0.05) is 23.8 Å². The first kappa shape index (κ1) is 11.9. The van der Waals surface area contributed by atoms with Crippen molar-refractivity contribution in [2.24, 2.45) is 0 Å². The second kappa shape index (κ2) is 4.48. The molecule has 4 heteroatoms. The quantitative estimate of drug-likeness (QED) is 0.763. The van der Waals surface area contributed by atoms with Gasteiger partial charge in [0.05, 0.1) is 24.2 Å². The Kier molecular flexibility index (Phi) is 2.80. The molecule has 0 bridgehead atoms. The molecule has 2 aromatic heterocycles. The molecule has 3 rings (SSSR count). The molecule has 0 aliphatic carbocycles. The lowest BCUT2D eigenvalue weighted by molar-refractivity contribution is 0.274. The summed E-state index contributed by atoms with van der Waals surface area (Å²) < 4.78 is 1.69. The third kappa shape index (κ3) is 2.00. The third-order valence-corrected chi connectivity index (χ3v) is 3.25. The van der Waals surface area contributed by atoms with Crippen LogP contribution >= 0.6 is 0 Å². The number of aryl methyl sites for hydroxylation is 2. The highest BCUT2D eigenvalue weighted by Crippen LogP contribution is 2.22. The number of aliphatic hydroxyl groups excluding tert-OH is 1. The Labute approximate surface area is 111 Å². The maximum Gasteiger partial charge on any atom is 0.153 e. The van der Waals surface area contributed by atoms with Gasteiger partial charge >= 0.3 is 0 Å². The maximum atomic E-state index is 9.28. The van der Waals surface area contributed by atoms with Gasteiger partial charge in [-0.05, 0) is 31.5 Å². The predicted octanol–water partition coefficient (Wildman–Crippen LogP) is 2.51. The summed E-state index contributed by atoms with van der Waals surface area (Å²) in [6.07, 6.45) is 1.65. The van der Waals surface area contributed by atoms with E-state index in [1.807, 2.05) is 12.1 Å². The number of nitrogens with zero attached hydrogens (tertiary/aromatic N) is 3. The van der Waals surface area contributed by atoms with Crippen LogP contribution in [0.1, 0.15) is 16.8 Å². The molecule has 0 fully saturated rings. The second-order valence-electron chi connectivity index (χ2n) is 4.71. The van der Waals surface area contributed by atoms with Crippen molar-refractivity contribution in [2.75, 3.05) is 0 Å². The smallest absolute Gasteiger partial charge is 0.153 e. The molecule has 0 radical (unpaired) electrons. The van der Waals surface area contributed by atoms with Crippen LogP contribution in [-0.2, 0) is 6.61 Å². The predicted molar refractivity (Wildman–Crippen MR) is 73.8 cm³/mol. The first-order valence-corrected chi connectivity index (χ1v) is 6.21. The van der Waals surface area contributed by atoms with Crippen LogP contribution in [0, 0.1) is 13.8 Å². The summed E-state index contributed by atoms with van der Waals surface area (Å²) in [5.74, 6) is 0. The number of aromatic nitrogens is 3. The van der Waals surface area contributed by atoms with Gasteiger partial charge in [-0.15, -0.1) is 0 Å². The van der Waals surface area contributed by atoms with Crippen LogP contribution < -0.4 is 0 Å². The zero-order chi connectivity index (χ0) is 13.4. The number of benzene rings is 1. The van der Waals surface area contributed by atoms with Crippen LogP contribution in [0.2, 0.25) is 0 Å². The number of fused-ring (bicyclic) bond motifs is 1. The molecule has 1 aromatic carbocycles. The molecule has 0 saturated heterocycles. The van der Waals surface area contributed by atoms with Crippen LogP contribution in [0.3, 0.4) is 0 Å². The van der Waals surface area contributed by atoms with Crippen LogP contribution in [0.5, 0.6) is 0 Å². The Hall–Kier alpha value is -2.20. The van der Waals surface area contributed by atoms with E-state index < -0.39 is 0 Å². The van der Waals surface area contributed by atoms with E-state index in [1.165, 1.54) is 11.1 Å². The minimum absolute atomic E-state index is 0.0650. The van der Waals surface area contributed by atoms with E-state index in [0.29, 0.717) is 5.69 Å². The fraction of sp³-hybridized carbons (Fsp3) is 0.200. The van der Waals surface area contributed by atoms with Gasteiger partial charge in [0.15, 0.2) is 5.65 Å². The van der Waals surface area contributed by atoms with Crippen LogP contribution in [0.25, 0.3) is 16.9 Å². The van der Waals surface area contributed by atoms with Gasteiger partial charge in [0, 0.05) is 5.56 Å². The Morgan fingerprint density at radius 2 is 2.00 bits per heavy atom. The number of rotatable bonds is 2. The monoisotopic (exact) mass is 253 g/mol. The molecule has 0 aliphatic heterocycles. The molecule has 0 aliphatic rings. The second-order valence-corrected chi connectivity index (χ2v) is 4.71. The number of aliphatic hydroxyl groups is 1. The van der Waals surface area contributed by atoms with Gasteiger partial charge in [0.25, 0.3) is 0 Å². The average molecular weight is 253 g/mol. The minimum Gasteiger partial charge on any atom is -0.390 e. The van der Waals surface area contributed by atoms with Crippen molar-refractivity contribution >= 4 is 5.65 Å². The molecule has 0 amide bonds. The highest BCUT2D eigenvalue weighted by molar-refractivity contribution is 5.64. The lowest BCUT2D eigenvalue weighted by Gasteiger charge is -2.07. The molecular weight excluding hydrogens is 238 g/mol. The number of imidazole rings is 1. The van der Waals surface area contributed by atoms with Crippen LogP contribution in [0.4, 0.5) is 0 Å². The van der Waals surface area contributed by atoms with E-state index in [2.05, 4.69) is 42.1 Å². The standard InChI is InChI=1S/C15H15N3O/c1-10-3-4-13(11(2)7-10)14-5-6-15-16-8-12(9-19)18(15)17-14/h3-8,19H,9H2,1-2H3. The Balaban J connectivity index is 2.19. The molecule has 0 atom stereocenters. The minimum atomic E-state index is -0.0650. The van der Waals surface area contributed by atoms with E-state index in [1.54, 1.807) is 10.7 Å². The molecule has 4 nitrogen and oxygen atoms in total. The van der Waals surface area contributed by atoms with Crippen molar-refractivity contribution in [3.8, 4) is 11.3 Å². The molecule has 3 aromatic rings. The molecule has 19 heavy (non-hydrogen) atoms. The highest BCUT2D eigenvalue weighted by atomic mass is 16.3. The van der Waals surface area contributed by atoms with Gasteiger partial charge < -0.3 is 5.11 Å². The van der Waals surface area contributed by atoms with Crippen molar-refractivity contribution in [3.63, 3.8) is 0 Å². The first-order chi connectivity index (χ1) is 9.19. The number of hydrogen-bond donors (Lipinski definition) is 1. The summed E-state index contributed by atoms with van der Waals surface area (Å²) in [5, 5.41) is 13.8. The van der Waals surface area contributed by atoms with Crippen LogP contribution in [0.15, 0.2) is 36.5 Å². The molecule has 0 unspecified atom stereocenters. The first-order valence-electron chi connectivity index (χ1n) is 6.21. The van der Waals surface area contributed by atoms with Gasteiger partial charge in [-0.3, -0.25) is 0 Å². The Morgan fingerprint density at radius 1 is 1.16 bits per heavy atom. The van der Waals surface area contributed by atoms with E-state index in [-0.39, 0.29) is 6.61 Å². The van der Waals surface area contributed by atoms with E-state index in [4.69, 9.17) is 0 Å². The zero-order valence-electron chi connectivity index (χ0n) is 11.0. The van der Waals surface area contributed by atoms with Crippen molar-refractivity contribution < 1.29 is 5.11 Å². The number of hydrogen-bond acceptors (Lipinski definition) is 3. The molecule has 0 spiro atoms. The summed E-state index contributed by atoms with van der Waals surface area (Å²) in [6.45, 7) is 4.09. The molecule has 1 N–H and O–H groups in total. The SMILES string of the molecule is Cc1ccc(-c2ccc3ncc(CO)n3n2)c(C)c1. The Bertz CT molecular complexity index is 746. The van der Waals surface area contributed by atoms with Crippen LogP contribution in [-0.4, -0.2) is 19.7 Å². The Morgan fingerprint density at radius 3 is 2.74 bits per heavy atom. The zero-order valence-corrected chi connectivity index (χ0v) is 11.0. The summed E-state index contributed by atoms with van der Waals surface area (Å²) in [4.78, 5) is 4.20. The van der Waals surface area contributed by atoms with Gasteiger partial charge in [0.1, 0.15) is 0 Å². The molecule has 96 valence electrons. The van der Waals surface area contributed by atoms with Crippen molar-refractivity contribution in [1.29, 1.82) is 0 Å². The van der Waals surface area contributed by atoms with Crippen molar-refractivity contribution in [3.05, 3.63) is 53.3 Å². The van der Waals surface area contributed by atoms with Crippen molar-refractivity contribution in [1.82, 2.24) is 14.6 Å². The maximum absolute atomic E-state index is 9.28.